The van der Waals surface area contributed by atoms with Crippen molar-refractivity contribution >= 4 is 57.5 Å². The number of aromatic nitrogens is 2. The molecule has 2 aliphatic rings. The Morgan fingerprint density at radius 2 is 2.03 bits per heavy atom. The Bertz CT molecular complexity index is 1100. The largest absolute Gasteiger partial charge is 0.477 e. The van der Waals surface area contributed by atoms with E-state index in [4.69, 9.17) is 32.7 Å². The minimum atomic E-state index is -1.04. The summed E-state index contributed by atoms with van der Waals surface area (Å²) in [5.74, 6) is -1.64. The van der Waals surface area contributed by atoms with Gasteiger partial charge in [0, 0.05) is 31.9 Å². The summed E-state index contributed by atoms with van der Waals surface area (Å²) < 4.78 is 11.3. The minimum absolute atomic E-state index is 0.129. The molecule has 0 radical (unpaired) electrons. The molecule has 0 bridgehead atoms. The Balaban J connectivity index is 1.47. The van der Waals surface area contributed by atoms with Gasteiger partial charge in [0.05, 0.1) is 41.6 Å². The number of H-pyrrole nitrogens is 1. The number of aryl methyl sites for hydroxylation is 1. The zero-order chi connectivity index (χ0) is 25.1. The fourth-order valence-electron chi connectivity index (χ4n) is 3.99. The van der Waals surface area contributed by atoms with Gasteiger partial charge in [0.2, 0.25) is 5.91 Å². The highest BCUT2D eigenvalue weighted by Crippen LogP contribution is 2.30. The summed E-state index contributed by atoms with van der Waals surface area (Å²) >= 11 is 13.4. The molecular formula is C21H25Cl2N5O6S. The van der Waals surface area contributed by atoms with E-state index in [0.29, 0.717) is 56.6 Å². The average Bonchev–Trinajstić information content (AvgIpc) is 3.45. The highest BCUT2D eigenvalue weighted by atomic mass is 35.5. The molecule has 190 valence electrons. The second-order valence-electron chi connectivity index (χ2n) is 8.22. The number of carboxylic acids is 1. The number of carbonyl (C=O) groups is 3. The van der Waals surface area contributed by atoms with Crippen molar-refractivity contribution in [3.8, 4) is 0 Å². The number of nitrogens with one attached hydrogen (secondary N) is 2. The summed E-state index contributed by atoms with van der Waals surface area (Å²) in [5, 5.41) is 13.1. The number of carboxylic acid groups (broad SMARTS) is 1. The molecule has 2 atom stereocenters. The molecule has 0 aliphatic carbocycles. The number of piperidine rings is 1. The van der Waals surface area contributed by atoms with Gasteiger partial charge < -0.3 is 34.7 Å². The Hall–Kier alpha value is -2.38. The highest BCUT2D eigenvalue weighted by Gasteiger charge is 2.34. The van der Waals surface area contributed by atoms with E-state index in [1.54, 1.807) is 11.8 Å². The SMILES string of the molecule is Cc1[nH]c(C(=O)N[C@@H]2CCN(c3ncc(C(=O)O)s3)C[C@@H]2OCC(=O)N2CCOCC2)c(Cl)c1Cl. The van der Waals surface area contributed by atoms with E-state index in [9.17, 15) is 19.5 Å². The van der Waals surface area contributed by atoms with Gasteiger partial charge in [-0.3, -0.25) is 9.59 Å². The van der Waals surface area contributed by atoms with E-state index in [1.165, 1.54) is 6.20 Å². The van der Waals surface area contributed by atoms with Gasteiger partial charge in [0.25, 0.3) is 5.91 Å². The number of ether oxygens (including phenoxy) is 2. The Kier molecular flexibility index (Phi) is 8.17. The lowest BCUT2D eigenvalue weighted by molar-refractivity contribution is -0.142. The molecule has 2 saturated heterocycles. The van der Waals surface area contributed by atoms with Crippen LogP contribution < -0.4 is 10.2 Å². The van der Waals surface area contributed by atoms with Crippen LogP contribution in [0.1, 0.15) is 32.3 Å². The topological polar surface area (TPSA) is 137 Å². The van der Waals surface area contributed by atoms with Gasteiger partial charge in [-0.15, -0.1) is 0 Å². The molecule has 0 spiro atoms. The van der Waals surface area contributed by atoms with Crippen LogP contribution >= 0.6 is 34.5 Å². The molecular weight excluding hydrogens is 521 g/mol. The summed E-state index contributed by atoms with van der Waals surface area (Å²) in [4.78, 5) is 47.7. The molecule has 3 N–H and O–H groups in total. The maximum Gasteiger partial charge on any atom is 0.347 e. The van der Waals surface area contributed by atoms with Gasteiger partial charge in [-0.2, -0.15) is 0 Å². The van der Waals surface area contributed by atoms with Crippen LogP contribution in [0.25, 0.3) is 0 Å². The van der Waals surface area contributed by atoms with E-state index in [1.807, 2.05) is 4.90 Å². The quantitative estimate of drug-likeness (QED) is 0.480. The standard InChI is InChI=1S/C21H25Cl2N5O6S/c1-11-16(22)17(23)18(25-11)19(30)26-12-2-3-28(21-24-8-14(35-21)20(31)32)9-13(12)34-10-15(29)27-4-6-33-7-5-27/h8,12-13,25H,2-7,9-10H2,1H3,(H,26,30)(H,31,32)/t12-,13+/m1/s1. The van der Waals surface area contributed by atoms with Gasteiger partial charge in [0.1, 0.15) is 17.2 Å². The first-order chi connectivity index (χ1) is 16.7. The van der Waals surface area contributed by atoms with E-state index < -0.39 is 24.0 Å². The van der Waals surface area contributed by atoms with Gasteiger partial charge >= 0.3 is 5.97 Å². The van der Waals surface area contributed by atoms with Crippen molar-refractivity contribution in [1.29, 1.82) is 0 Å². The summed E-state index contributed by atoms with van der Waals surface area (Å²) in [5.41, 5.74) is 0.740. The molecule has 2 amide bonds. The third-order valence-electron chi connectivity index (χ3n) is 5.92. The predicted molar refractivity (Wildman–Crippen MR) is 130 cm³/mol. The molecule has 11 nitrogen and oxygen atoms in total. The van der Waals surface area contributed by atoms with Crippen LogP contribution in [0.3, 0.4) is 0 Å². The molecule has 4 heterocycles. The van der Waals surface area contributed by atoms with Crippen molar-refractivity contribution in [1.82, 2.24) is 20.2 Å². The minimum Gasteiger partial charge on any atom is -0.477 e. The number of halogens is 2. The summed E-state index contributed by atoms with van der Waals surface area (Å²) in [7, 11) is 0. The van der Waals surface area contributed by atoms with Crippen LogP contribution in [-0.2, 0) is 14.3 Å². The smallest absolute Gasteiger partial charge is 0.347 e. The van der Waals surface area contributed by atoms with Crippen LogP contribution in [0, 0.1) is 6.92 Å². The van der Waals surface area contributed by atoms with Crippen molar-refractivity contribution in [3.05, 3.63) is 32.5 Å². The lowest BCUT2D eigenvalue weighted by Crippen LogP contribution is -2.56. The molecule has 0 saturated carbocycles. The summed E-state index contributed by atoms with van der Waals surface area (Å²) in [6.07, 6.45) is 1.24. The number of thiazole rings is 1. The zero-order valence-corrected chi connectivity index (χ0v) is 21.2. The Morgan fingerprint density at radius 3 is 2.66 bits per heavy atom. The predicted octanol–water partition coefficient (Wildman–Crippen LogP) is 2.04. The maximum absolute atomic E-state index is 12.9. The second kappa shape index (κ2) is 11.1. The first-order valence-electron chi connectivity index (χ1n) is 11.0. The number of carbonyl (C=O) groups excluding carboxylic acids is 2. The number of aromatic carboxylic acids is 1. The molecule has 4 rings (SSSR count). The number of morpholine rings is 1. The van der Waals surface area contributed by atoms with Crippen molar-refractivity contribution in [2.24, 2.45) is 0 Å². The normalized spacial score (nSPS) is 20.7. The number of anilines is 1. The maximum atomic E-state index is 12.9. The van der Waals surface area contributed by atoms with E-state index in [0.717, 1.165) is 11.3 Å². The molecule has 0 aromatic carbocycles. The number of rotatable bonds is 7. The summed E-state index contributed by atoms with van der Waals surface area (Å²) in [6.45, 7) is 4.35. The fraction of sp³-hybridized carbons (Fsp3) is 0.524. The van der Waals surface area contributed by atoms with Gasteiger partial charge in [-0.25, -0.2) is 9.78 Å². The lowest BCUT2D eigenvalue weighted by atomic mass is 10.0. The number of nitrogens with zero attached hydrogens (tertiary/aromatic N) is 3. The third-order valence-corrected chi connectivity index (χ3v) is 7.91. The van der Waals surface area contributed by atoms with Gasteiger partial charge in [0.15, 0.2) is 5.13 Å². The van der Waals surface area contributed by atoms with Crippen LogP contribution in [-0.4, -0.2) is 95.9 Å². The van der Waals surface area contributed by atoms with Crippen LogP contribution in [0.15, 0.2) is 6.20 Å². The lowest BCUT2D eigenvalue weighted by Gasteiger charge is -2.38. The molecule has 14 heteroatoms. The third kappa shape index (κ3) is 5.89. The van der Waals surface area contributed by atoms with E-state index in [2.05, 4.69) is 15.3 Å². The molecule has 35 heavy (non-hydrogen) atoms. The summed E-state index contributed by atoms with van der Waals surface area (Å²) in [6, 6.07) is -0.423. The van der Waals surface area contributed by atoms with Crippen LogP contribution in [0.2, 0.25) is 10.0 Å². The monoisotopic (exact) mass is 545 g/mol. The van der Waals surface area contributed by atoms with E-state index >= 15 is 0 Å². The molecule has 0 unspecified atom stereocenters. The fourth-order valence-corrected chi connectivity index (χ4v) is 5.19. The molecule has 2 fully saturated rings. The number of hydrogen-bond acceptors (Lipinski definition) is 8. The first-order valence-corrected chi connectivity index (χ1v) is 12.6. The second-order valence-corrected chi connectivity index (χ2v) is 9.99. The van der Waals surface area contributed by atoms with Crippen molar-refractivity contribution < 1.29 is 29.0 Å². The van der Waals surface area contributed by atoms with Crippen molar-refractivity contribution in [2.75, 3.05) is 50.9 Å². The molecule has 2 aromatic heterocycles. The van der Waals surface area contributed by atoms with Gasteiger partial charge in [-0.1, -0.05) is 34.5 Å². The average molecular weight is 546 g/mol. The number of amides is 2. The van der Waals surface area contributed by atoms with Crippen LogP contribution in [0.4, 0.5) is 5.13 Å². The van der Waals surface area contributed by atoms with Crippen molar-refractivity contribution in [2.45, 2.75) is 25.5 Å². The Labute approximate surface area is 215 Å². The Morgan fingerprint density at radius 1 is 1.29 bits per heavy atom. The highest BCUT2D eigenvalue weighted by molar-refractivity contribution is 7.17. The van der Waals surface area contributed by atoms with Crippen LogP contribution in [0.5, 0.6) is 0 Å². The van der Waals surface area contributed by atoms with Crippen molar-refractivity contribution in [3.63, 3.8) is 0 Å². The first kappa shape index (κ1) is 25.7. The number of hydrogen-bond donors (Lipinski definition) is 3. The molecule has 2 aliphatic heterocycles. The zero-order valence-electron chi connectivity index (χ0n) is 18.9. The van der Waals surface area contributed by atoms with E-state index in [-0.39, 0.29) is 33.1 Å². The van der Waals surface area contributed by atoms with Gasteiger partial charge in [-0.05, 0) is 13.3 Å². The number of aromatic amines is 1. The molecule has 2 aromatic rings.